The molecule has 49 heavy (non-hydrogen) atoms. The van der Waals surface area contributed by atoms with Crippen LogP contribution in [0.15, 0.2) is 60.7 Å². The van der Waals surface area contributed by atoms with Crippen molar-refractivity contribution >= 4 is 10.1 Å². The Labute approximate surface area is 297 Å². The van der Waals surface area contributed by atoms with Crippen molar-refractivity contribution in [3.05, 3.63) is 71.8 Å². The fourth-order valence-electron chi connectivity index (χ4n) is 7.22. The first-order chi connectivity index (χ1) is 23.9. The highest BCUT2D eigenvalue weighted by molar-refractivity contribution is 7.85. The van der Waals surface area contributed by atoms with Crippen molar-refractivity contribution in [3.8, 4) is 0 Å². The van der Waals surface area contributed by atoms with Gasteiger partial charge < -0.3 is 18.9 Å². The third-order valence-corrected chi connectivity index (χ3v) is 10.5. The predicted molar refractivity (Wildman–Crippen MR) is 197 cm³/mol. The van der Waals surface area contributed by atoms with Crippen LogP contribution in [-0.2, 0) is 46.5 Å². The average molecular weight is 701 g/mol. The molecule has 2 heterocycles. The molecule has 2 aromatic carbocycles. The Bertz CT molecular complexity index is 1220. The summed E-state index contributed by atoms with van der Waals surface area (Å²) in [5.74, 6) is -0.429. The lowest BCUT2D eigenvalue weighted by atomic mass is 9.94. The summed E-state index contributed by atoms with van der Waals surface area (Å²) in [5.41, 5.74) is 2.43. The van der Waals surface area contributed by atoms with Gasteiger partial charge in [0.2, 0.25) is 0 Å². The standard InChI is InChI=1S/C41H64O7S/c1-49(42,43)46-33-23-12-10-8-6-4-2-3-5-7-9-11-21-30-41-31-29-38(45-35-37-26-18-14-19-27-37)40(48-41)39(47-41)28-20-15-22-32-44-34-36-24-16-13-17-25-36/h13-14,16-19,24-27,38-40H,2-12,15,20-23,28-35H2,1H3/t38-,39-,40-,41+/m0/s1. The maximum atomic E-state index is 11.0. The Morgan fingerprint density at radius 2 is 1.18 bits per heavy atom. The summed E-state index contributed by atoms with van der Waals surface area (Å²) >= 11 is 0. The molecule has 0 aromatic heterocycles. The first kappa shape index (κ1) is 40.0. The molecule has 0 radical (unpaired) electrons. The van der Waals surface area contributed by atoms with E-state index in [9.17, 15) is 8.42 Å². The van der Waals surface area contributed by atoms with Gasteiger partial charge in [-0.15, -0.1) is 0 Å². The highest BCUT2D eigenvalue weighted by Crippen LogP contribution is 2.45. The number of benzene rings is 2. The van der Waals surface area contributed by atoms with Crippen LogP contribution in [0.3, 0.4) is 0 Å². The van der Waals surface area contributed by atoms with E-state index in [0.29, 0.717) is 19.8 Å². The van der Waals surface area contributed by atoms with Gasteiger partial charge in [-0.2, -0.15) is 8.42 Å². The predicted octanol–water partition coefficient (Wildman–Crippen LogP) is 10.1. The molecule has 8 heteroatoms. The summed E-state index contributed by atoms with van der Waals surface area (Å²) in [6.07, 6.45) is 24.3. The summed E-state index contributed by atoms with van der Waals surface area (Å²) < 4.78 is 52.7. The van der Waals surface area contributed by atoms with Crippen LogP contribution < -0.4 is 0 Å². The minimum Gasteiger partial charge on any atom is -0.377 e. The number of hydrogen-bond acceptors (Lipinski definition) is 7. The third-order valence-electron chi connectivity index (χ3n) is 9.95. The molecule has 2 aliphatic heterocycles. The first-order valence-corrected chi connectivity index (χ1v) is 21.2. The maximum Gasteiger partial charge on any atom is 0.264 e. The summed E-state index contributed by atoms with van der Waals surface area (Å²) in [6, 6.07) is 20.8. The molecule has 0 amide bonds. The smallest absolute Gasteiger partial charge is 0.264 e. The molecule has 0 saturated carbocycles. The summed E-state index contributed by atoms with van der Waals surface area (Å²) in [6.45, 7) is 2.41. The zero-order valence-electron chi connectivity index (χ0n) is 30.2. The van der Waals surface area contributed by atoms with E-state index in [-0.39, 0.29) is 18.3 Å². The molecule has 0 N–H and O–H groups in total. The fraction of sp³-hybridized carbons (Fsp3) is 0.707. The molecule has 2 aliphatic rings. The van der Waals surface area contributed by atoms with Crippen LogP contribution in [0.1, 0.15) is 140 Å². The van der Waals surface area contributed by atoms with E-state index < -0.39 is 15.9 Å². The topological polar surface area (TPSA) is 80.3 Å². The van der Waals surface area contributed by atoms with Gasteiger partial charge in [-0.25, -0.2) is 0 Å². The van der Waals surface area contributed by atoms with Gasteiger partial charge in [-0.1, -0.05) is 144 Å². The van der Waals surface area contributed by atoms with Crippen molar-refractivity contribution in [1.82, 2.24) is 0 Å². The van der Waals surface area contributed by atoms with Gasteiger partial charge in [0.15, 0.2) is 5.79 Å². The summed E-state index contributed by atoms with van der Waals surface area (Å²) in [7, 11) is -3.29. The zero-order valence-corrected chi connectivity index (χ0v) is 31.1. The highest BCUT2D eigenvalue weighted by atomic mass is 32.2. The van der Waals surface area contributed by atoms with Crippen LogP contribution in [0.5, 0.6) is 0 Å². The van der Waals surface area contributed by atoms with E-state index >= 15 is 0 Å². The number of unbranched alkanes of at least 4 members (excludes halogenated alkanes) is 14. The van der Waals surface area contributed by atoms with Gasteiger partial charge in [0.05, 0.1) is 38.3 Å². The van der Waals surface area contributed by atoms with Crippen LogP contribution >= 0.6 is 0 Å². The minimum atomic E-state index is -3.29. The van der Waals surface area contributed by atoms with Gasteiger partial charge in [0.1, 0.15) is 6.10 Å². The summed E-state index contributed by atoms with van der Waals surface area (Å²) in [4.78, 5) is 0. The van der Waals surface area contributed by atoms with E-state index in [0.717, 1.165) is 83.5 Å². The SMILES string of the molecule is CS(=O)(=O)OCCCCCCCCCCCCCCC[C@]12CC[C@H](OCc3ccccc3)[C@H](O1)[C@H](CCCCCOCc1ccccc1)O2. The molecule has 0 aliphatic carbocycles. The molecular formula is C41H64O7S. The fourth-order valence-corrected chi connectivity index (χ4v) is 7.64. The Morgan fingerprint density at radius 3 is 1.80 bits per heavy atom. The molecule has 2 fully saturated rings. The van der Waals surface area contributed by atoms with Gasteiger partial charge in [-0.3, -0.25) is 4.18 Å². The second kappa shape index (κ2) is 22.9. The van der Waals surface area contributed by atoms with E-state index in [1.165, 1.54) is 68.9 Å². The minimum absolute atomic E-state index is 0.0145. The number of rotatable bonds is 28. The highest BCUT2D eigenvalue weighted by Gasteiger charge is 2.53. The number of ether oxygens (including phenoxy) is 4. The van der Waals surface area contributed by atoms with Crippen LogP contribution in [0, 0.1) is 0 Å². The van der Waals surface area contributed by atoms with E-state index in [2.05, 4.69) is 48.5 Å². The van der Waals surface area contributed by atoms with Crippen molar-refractivity contribution in [2.45, 2.75) is 166 Å². The van der Waals surface area contributed by atoms with Crippen LogP contribution in [-0.4, -0.2) is 52.0 Å². The normalized spacial score (nSPS) is 22.1. The molecule has 2 saturated heterocycles. The van der Waals surface area contributed by atoms with Crippen molar-refractivity contribution in [2.75, 3.05) is 19.5 Å². The van der Waals surface area contributed by atoms with Crippen molar-refractivity contribution in [2.24, 2.45) is 0 Å². The quantitative estimate of drug-likeness (QED) is 0.0646. The zero-order chi connectivity index (χ0) is 34.5. The number of hydrogen-bond donors (Lipinski definition) is 0. The van der Waals surface area contributed by atoms with Gasteiger partial charge >= 0.3 is 0 Å². The van der Waals surface area contributed by atoms with Gasteiger partial charge in [0.25, 0.3) is 10.1 Å². The van der Waals surface area contributed by atoms with Crippen molar-refractivity contribution in [3.63, 3.8) is 0 Å². The molecular weight excluding hydrogens is 637 g/mol. The lowest BCUT2D eigenvalue weighted by molar-refractivity contribution is -0.221. The molecule has 2 bridgehead atoms. The van der Waals surface area contributed by atoms with E-state index in [1.54, 1.807) is 0 Å². The Morgan fingerprint density at radius 1 is 0.653 bits per heavy atom. The van der Waals surface area contributed by atoms with Gasteiger partial charge in [0, 0.05) is 19.4 Å². The van der Waals surface area contributed by atoms with Crippen LogP contribution in [0.25, 0.3) is 0 Å². The Kier molecular flexibility index (Phi) is 18.7. The monoisotopic (exact) mass is 700 g/mol. The van der Waals surface area contributed by atoms with E-state index in [4.69, 9.17) is 23.1 Å². The Hall–Kier alpha value is -1.81. The van der Waals surface area contributed by atoms with Crippen LogP contribution in [0.4, 0.5) is 0 Å². The molecule has 0 spiro atoms. The lowest BCUT2D eigenvalue weighted by Gasteiger charge is -2.35. The molecule has 276 valence electrons. The molecule has 0 unspecified atom stereocenters. The largest absolute Gasteiger partial charge is 0.377 e. The van der Waals surface area contributed by atoms with Crippen LogP contribution in [0.2, 0.25) is 0 Å². The maximum absolute atomic E-state index is 11.0. The average Bonchev–Trinajstić information content (AvgIpc) is 3.39. The molecule has 4 atom stereocenters. The van der Waals surface area contributed by atoms with Crippen molar-refractivity contribution in [1.29, 1.82) is 0 Å². The molecule has 7 nitrogen and oxygen atoms in total. The molecule has 2 aromatic rings. The first-order valence-electron chi connectivity index (χ1n) is 19.4. The molecule has 4 rings (SSSR count). The van der Waals surface area contributed by atoms with Crippen molar-refractivity contribution < 1.29 is 31.5 Å². The summed E-state index contributed by atoms with van der Waals surface area (Å²) in [5, 5.41) is 0. The second-order valence-electron chi connectivity index (χ2n) is 14.3. The second-order valence-corrected chi connectivity index (χ2v) is 15.9. The van der Waals surface area contributed by atoms with E-state index in [1.807, 2.05) is 12.1 Å². The third kappa shape index (κ3) is 16.4. The lowest BCUT2D eigenvalue weighted by Crippen LogP contribution is -2.43. The van der Waals surface area contributed by atoms with Gasteiger partial charge in [-0.05, 0) is 43.2 Å². The number of fused-ring (bicyclic) bond motifs is 2. The Balaban J connectivity index is 1.06.